The van der Waals surface area contributed by atoms with Crippen LogP contribution in [-0.2, 0) is 4.79 Å². The number of carbonyl (C=O) groups is 1. The Kier molecular flexibility index (Phi) is 4.25. The Morgan fingerprint density at radius 3 is 2.53 bits per heavy atom. The number of anilines is 1. The van der Waals surface area contributed by atoms with E-state index in [9.17, 15) is 4.79 Å². The van der Waals surface area contributed by atoms with Crippen molar-refractivity contribution in [2.75, 3.05) is 12.3 Å². The second-order valence-corrected chi connectivity index (χ2v) is 5.53. The van der Waals surface area contributed by atoms with E-state index in [-0.39, 0.29) is 11.9 Å². The Morgan fingerprint density at radius 2 is 2.00 bits per heavy atom. The van der Waals surface area contributed by atoms with Gasteiger partial charge in [0.15, 0.2) is 0 Å². The molecule has 0 unspecified atom stereocenters. The van der Waals surface area contributed by atoms with E-state index in [1.165, 1.54) is 12.8 Å². The lowest BCUT2D eigenvalue weighted by Crippen LogP contribution is -2.37. The molecule has 1 aliphatic carbocycles. The van der Waals surface area contributed by atoms with Crippen LogP contribution in [0.5, 0.6) is 0 Å². The van der Waals surface area contributed by atoms with E-state index in [0.717, 1.165) is 23.7 Å². The van der Waals surface area contributed by atoms with Crippen molar-refractivity contribution >= 4 is 17.7 Å². The fourth-order valence-corrected chi connectivity index (χ4v) is 2.00. The van der Waals surface area contributed by atoms with Crippen LogP contribution in [0.3, 0.4) is 0 Å². The second-order valence-electron chi connectivity index (χ2n) is 5.53. The lowest BCUT2D eigenvalue weighted by Gasteiger charge is -2.25. The molecule has 1 aliphatic rings. The number of hydrogen-bond acceptors (Lipinski definition) is 2. The summed E-state index contributed by atoms with van der Waals surface area (Å²) in [6.45, 7) is 5.03. The SMILES string of the molecule is CC(C)N(CC1CC1)C(=O)/C=C/c1ccc(N)cc1. The van der Waals surface area contributed by atoms with Gasteiger partial charge in [0.1, 0.15) is 0 Å². The number of amides is 1. The van der Waals surface area contributed by atoms with Gasteiger partial charge in [-0.2, -0.15) is 0 Å². The monoisotopic (exact) mass is 258 g/mol. The Morgan fingerprint density at radius 1 is 1.37 bits per heavy atom. The summed E-state index contributed by atoms with van der Waals surface area (Å²) in [6, 6.07) is 7.77. The molecule has 1 saturated carbocycles. The fourth-order valence-electron chi connectivity index (χ4n) is 2.00. The summed E-state index contributed by atoms with van der Waals surface area (Å²) in [5, 5.41) is 0. The summed E-state index contributed by atoms with van der Waals surface area (Å²) in [4.78, 5) is 14.2. The van der Waals surface area contributed by atoms with Crippen LogP contribution in [0.2, 0.25) is 0 Å². The Balaban J connectivity index is 1.98. The molecule has 0 aliphatic heterocycles. The maximum atomic E-state index is 12.2. The Bertz CT molecular complexity index is 458. The Hall–Kier alpha value is -1.77. The lowest BCUT2D eigenvalue weighted by molar-refractivity contribution is -0.127. The first-order valence-corrected chi connectivity index (χ1v) is 6.90. The van der Waals surface area contributed by atoms with Crippen LogP contribution in [0, 0.1) is 5.92 Å². The third kappa shape index (κ3) is 4.12. The summed E-state index contributed by atoms with van der Waals surface area (Å²) in [5.74, 6) is 0.815. The summed E-state index contributed by atoms with van der Waals surface area (Å²) in [5.41, 5.74) is 7.37. The average Bonchev–Trinajstić information content (AvgIpc) is 3.18. The largest absolute Gasteiger partial charge is 0.399 e. The molecule has 0 heterocycles. The molecule has 1 aromatic carbocycles. The highest BCUT2D eigenvalue weighted by Gasteiger charge is 2.27. The standard InChI is InChI=1S/C16H22N2O/c1-12(2)18(11-14-3-4-14)16(19)10-7-13-5-8-15(17)9-6-13/h5-10,12,14H,3-4,11,17H2,1-2H3/b10-7+. The van der Waals surface area contributed by atoms with Gasteiger partial charge in [0.2, 0.25) is 5.91 Å². The molecule has 102 valence electrons. The number of carbonyl (C=O) groups excluding carboxylic acids is 1. The van der Waals surface area contributed by atoms with E-state index < -0.39 is 0 Å². The number of rotatable bonds is 5. The highest BCUT2D eigenvalue weighted by Crippen LogP contribution is 2.30. The highest BCUT2D eigenvalue weighted by molar-refractivity contribution is 5.92. The Labute approximate surface area is 115 Å². The minimum Gasteiger partial charge on any atom is -0.399 e. The fraction of sp³-hybridized carbons (Fsp3) is 0.438. The zero-order chi connectivity index (χ0) is 13.8. The van der Waals surface area contributed by atoms with Crippen molar-refractivity contribution in [3.63, 3.8) is 0 Å². The van der Waals surface area contributed by atoms with Crippen molar-refractivity contribution in [3.05, 3.63) is 35.9 Å². The molecule has 1 amide bonds. The molecule has 3 nitrogen and oxygen atoms in total. The number of nitrogens with two attached hydrogens (primary N) is 1. The van der Waals surface area contributed by atoms with E-state index in [0.29, 0.717) is 0 Å². The molecule has 1 fully saturated rings. The minimum atomic E-state index is 0.0960. The van der Waals surface area contributed by atoms with Crippen molar-refractivity contribution in [1.82, 2.24) is 4.90 Å². The van der Waals surface area contributed by atoms with Crippen LogP contribution in [-0.4, -0.2) is 23.4 Å². The molecule has 0 spiro atoms. The van der Waals surface area contributed by atoms with Crippen LogP contribution in [0.15, 0.2) is 30.3 Å². The van der Waals surface area contributed by atoms with Gasteiger partial charge < -0.3 is 10.6 Å². The average molecular weight is 258 g/mol. The molecule has 2 N–H and O–H groups in total. The van der Waals surface area contributed by atoms with Crippen LogP contribution in [0.1, 0.15) is 32.3 Å². The first kappa shape index (κ1) is 13.7. The van der Waals surface area contributed by atoms with Crippen molar-refractivity contribution in [3.8, 4) is 0 Å². The van der Waals surface area contributed by atoms with Gasteiger partial charge in [0.05, 0.1) is 0 Å². The van der Waals surface area contributed by atoms with Gasteiger partial charge in [0, 0.05) is 24.4 Å². The van der Waals surface area contributed by atoms with Crippen LogP contribution in [0.25, 0.3) is 6.08 Å². The van der Waals surface area contributed by atoms with Gasteiger partial charge >= 0.3 is 0 Å². The van der Waals surface area contributed by atoms with Crippen molar-refractivity contribution < 1.29 is 4.79 Å². The van der Waals surface area contributed by atoms with Gasteiger partial charge in [-0.1, -0.05) is 12.1 Å². The van der Waals surface area contributed by atoms with Crippen molar-refractivity contribution in [1.29, 1.82) is 0 Å². The topological polar surface area (TPSA) is 46.3 Å². The number of hydrogen-bond donors (Lipinski definition) is 1. The summed E-state index contributed by atoms with van der Waals surface area (Å²) >= 11 is 0. The molecule has 2 rings (SSSR count). The molecular formula is C16H22N2O. The highest BCUT2D eigenvalue weighted by atomic mass is 16.2. The van der Waals surface area contributed by atoms with Crippen LogP contribution >= 0.6 is 0 Å². The molecule has 19 heavy (non-hydrogen) atoms. The predicted molar refractivity (Wildman–Crippen MR) is 79.5 cm³/mol. The maximum absolute atomic E-state index is 12.2. The number of benzene rings is 1. The van der Waals surface area contributed by atoms with E-state index in [1.807, 2.05) is 35.2 Å². The first-order chi connectivity index (χ1) is 9.06. The number of nitrogen functional groups attached to an aromatic ring is 1. The predicted octanol–water partition coefficient (Wildman–Crippen LogP) is 2.93. The van der Waals surface area contributed by atoms with E-state index >= 15 is 0 Å². The van der Waals surface area contributed by atoms with Crippen molar-refractivity contribution in [2.24, 2.45) is 5.92 Å². The van der Waals surface area contributed by atoms with Gasteiger partial charge in [-0.05, 0) is 56.4 Å². The van der Waals surface area contributed by atoms with Crippen LogP contribution < -0.4 is 5.73 Å². The molecule has 3 heteroatoms. The van der Waals surface area contributed by atoms with Gasteiger partial charge in [-0.25, -0.2) is 0 Å². The molecular weight excluding hydrogens is 236 g/mol. The van der Waals surface area contributed by atoms with E-state index in [4.69, 9.17) is 5.73 Å². The zero-order valence-electron chi connectivity index (χ0n) is 11.7. The summed E-state index contributed by atoms with van der Waals surface area (Å²) in [6.07, 6.45) is 6.04. The van der Waals surface area contributed by atoms with Gasteiger partial charge in [-0.15, -0.1) is 0 Å². The molecule has 0 bridgehead atoms. The summed E-state index contributed by atoms with van der Waals surface area (Å²) in [7, 11) is 0. The maximum Gasteiger partial charge on any atom is 0.246 e. The van der Waals surface area contributed by atoms with E-state index in [1.54, 1.807) is 6.08 Å². The molecule has 0 saturated heterocycles. The third-order valence-corrected chi connectivity index (χ3v) is 3.41. The quantitative estimate of drug-likeness (QED) is 0.652. The molecule has 0 radical (unpaired) electrons. The van der Waals surface area contributed by atoms with Gasteiger partial charge in [-0.3, -0.25) is 4.79 Å². The third-order valence-electron chi connectivity index (χ3n) is 3.41. The zero-order valence-corrected chi connectivity index (χ0v) is 11.7. The van der Waals surface area contributed by atoms with Crippen molar-refractivity contribution in [2.45, 2.75) is 32.7 Å². The molecule has 1 aromatic rings. The molecule has 0 aromatic heterocycles. The van der Waals surface area contributed by atoms with E-state index in [2.05, 4.69) is 13.8 Å². The smallest absolute Gasteiger partial charge is 0.246 e. The second kappa shape index (κ2) is 5.91. The van der Waals surface area contributed by atoms with Crippen LogP contribution in [0.4, 0.5) is 5.69 Å². The van der Waals surface area contributed by atoms with Gasteiger partial charge in [0.25, 0.3) is 0 Å². The first-order valence-electron chi connectivity index (χ1n) is 6.90. The normalized spacial score (nSPS) is 15.1. The molecule has 0 atom stereocenters. The summed E-state index contributed by atoms with van der Waals surface area (Å²) < 4.78 is 0. The lowest BCUT2D eigenvalue weighted by atomic mass is 10.2. The number of nitrogens with zero attached hydrogens (tertiary/aromatic N) is 1. The minimum absolute atomic E-state index is 0.0960.